The molecule has 3 aromatic rings. The fourth-order valence-electron chi connectivity index (χ4n) is 3.06. The van der Waals surface area contributed by atoms with Crippen LogP contribution in [0.1, 0.15) is 22.4 Å². The van der Waals surface area contributed by atoms with Crippen LogP contribution < -0.4 is 4.74 Å². The molecule has 0 saturated heterocycles. The minimum Gasteiger partial charge on any atom is -0.473 e. The van der Waals surface area contributed by atoms with Crippen LogP contribution in [-0.2, 0) is 19.1 Å². The maximum Gasteiger partial charge on any atom is 0.419 e. The third-order valence-corrected chi connectivity index (χ3v) is 4.93. The molecule has 0 fully saturated rings. The van der Waals surface area contributed by atoms with Gasteiger partial charge in [0.2, 0.25) is 0 Å². The van der Waals surface area contributed by atoms with Gasteiger partial charge in [-0.25, -0.2) is 0 Å². The molecular weight excluding hydrogens is 504 g/mol. The molecule has 164 valence electrons. The van der Waals surface area contributed by atoms with E-state index in [0.29, 0.717) is 16.6 Å². The van der Waals surface area contributed by atoms with Gasteiger partial charge in [0.25, 0.3) is 0 Å². The van der Waals surface area contributed by atoms with Crippen molar-refractivity contribution in [3.8, 4) is 29.1 Å². The Hall–Kier alpha value is -3.44. The van der Waals surface area contributed by atoms with E-state index in [1.807, 2.05) is 0 Å². The molecule has 32 heavy (non-hydrogen) atoms. The van der Waals surface area contributed by atoms with Crippen molar-refractivity contribution in [2.45, 2.75) is 19.1 Å². The first-order chi connectivity index (χ1) is 15.0. The summed E-state index contributed by atoms with van der Waals surface area (Å²) < 4.78 is 88.2. The molecule has 4 nitrogen and oxygen atoms in total. The highest BCUT2D eigenvalue weighted by atomic mass is 79.9. The number of nitriles is 2. The zero-order valence-corrected chi connectivity index (χ0v) is 17.3. The number of hydrogen-bond acceptors (Lipinski definition) is 3. The molecule has 0 N–H and O–H groups in total. The van der Waals surface area contributed by atoms with E-state index in [2.05, 4.69) is 15.9 Å². The minimum atomic E-state index is -5.12. The van der Waals surface area contributed by atoms with Gasteiger partial charge in [0.05, 0.1) is 11.3 Å². The predicted molar refractivity (Wildman–Crippen MR) is 104 cm³/mol. The largest absolute Gasteiger partial charge is 0.473 e. The smallest absolute Gasteiger partial charge is 0.419 e. The van der Waals surface area contributed by atoms with Crippen LogP contribution in [0, 0.1) is 22.7 Å². The normalized spacial score (nSPS) is 11.7. The van der Waals surface area contributed by atoms with Gasteiger partial charge >= 0.3 is 12.4 Å². The molecule has 0 aliphatic carbocycles. The molecule has 0 saturated carbocycles. The molecule has 0 amide bonds. The maximum atomic E-state index is 13.9. The van der Waals surface area contributed by atoms with E-state index in [-0.39, 0.29) is 5.75 Å². The molecule has 0 unspecified atom stereocenters. The Kier molecular flexibility index (Phi) is 6.24. The van der Waals surface area contributed by atoms with Gasteiger partial charge in [0.1, 0.15) is 34.7 Å². The third kappa shape index (κ3) is 4.58. The van der Waals surface area contributed by atoms with E-state index in [4.69, 9.17) is 4.74 Å². The number of ether oxygens (including phenoxy) is 1. The average Bonchev–Trinajstić information content (AvgIpc) is 3.06. The summed E-state index contributed by atoms with van der Waals surface area (Å²) in [6, 6.07) is 12.3. The zero-order chi connectivity index (χ0) is 23.7. The molecule has 0 spiro atoms. The molecule has 11 heteroatoms. The highest BCUT2D eigenvalue weighted by molar-refractivity contribution is 9.10. The summed E-state index contributed by atoms with van der Waals surface area (Å²) in [7, 11) is 0. The van der Waals surface area contributed by atoms with Gasteiger partial charge in [-0.2, -0.15) is 36.9 Å². The highest BCUT2D eigenvalue weighted by Gasteiger charge is 2.42. The number of hydrogen-bond donors (Lipinski definition) is 0. The van der Waals surface area contributed by atoms with E-state index in [1.54, 1.807) is 12.1 Å². The highest BCUT2D eigenvalue weighted by Crippen LogP contribution is 2.43. The Morgan fingerprint density at radius 2 is 1.56 bits per heavy atom. The monoisotopic (exact) mass is 513 g/mol. The van der Waals surface area contributed by atoms with Crippen LogP contribution in [-0.4, -0.2) is 4.57 Å². The topological polar surface area (TPSA) is 61.7 Å². The fraction of sp³-hybridized carbons (Fsp3) is 0.143. The Morgan fingerprint density at radius 3 is 2.09 bits per heavy atom. The van der Waals surface area contributed by atoms with Crippen molar-refractivity contribution in [1.29, 1.82) is 10.5 Å². The van der Waals surface area contributed by atoms with Crippen LogP contribution in [0.25, 0.3) is 11.3 Å². The summed E-state index contributed by atoms with van der Waals surface area (Å²) in [5.74, 6) is 0.229. The van der Waals surface area contributed by atoms with E-state index in [9.17, 15) is 36.9 Å². The van der Waals surface area contributed by atoms with Gasteiger partial charge in [0, 0.05) is 4.47 Å². The summed E-state index contributed by atoms with van der Waals surface area (Å²) in [5, 5.41) is 18.8. The second kappa shape index (κ2) is 8.60. The molecule has 2 aromatic carbocycles. The van der Waals surface area contributed by atoms with Crippen LogP contribution >= 0.6 is 15.9 Å². The van der Waals surface area contributed by atoms with Gasteiger partial charge in [0.15, 0.2) is 6.73 Å². The standard InChI is InChI=1S/C21H10BrF6N3O/c22-14-4-6-15(7-5-14)32-11-31-17(10-30)16(9-29)18(21(26,27)28)19(31)12-2-1-3-13(8-12)20(23,24)25/h1-8H,11H2. The number of halogens is 7. The maximum absolute atomic E-state index is 13.9. The second-order valence-corrected chi connectivity index (χ2v) is 7.32. The predicted octanol–water partition coefficient (Wildman–Crippen LogP) is 6.74. The van der Waals surface area contributed by atoms with Crippen molar-refractivity contribution in [2.75, 3.05) is 0 Å². The van der Waals surface area contributed by atoms with Gasteiger partial charge in [-0.05, 0) is 42.0 Å². The molecule has 0 atom stereocenters. The number of benzene rings is 2. The van der Waals surface area contributed by atoms with Crippen LogP contribution in [0.15, 0.2) is 53.0 Å². The lowest BCUT2D eigenvalue weighted by Crippen LogP contribution is -2.12. The van der Waals surface area contributed by atoms with Crippen molar-refractivity contribution < 1.29 is 31.1 Å². The fourth-order valence-corrected chi connectivity index (χ4v) is 3.33. The molecule has 0 bridgehead atoms. The molecule has 3 rings (SSSR count). The second-order valence-electron chi connectivity index (χ2n) is 6.40. The molecule has 0 aliphatic rings. The average molecular weight is 514 g/mol. The lowest BCUT2D eigenvalue weighted by atomic mass is 10.0. The number of aromatic nitrogens is 1. The van der Waals surface area contributed by atoms with Crippen molar-refractivity contribution in [3.63, 3.8) is 0 Å². The summed E-state index contributed by atoms with van der Waals surface area (Å²) in [6.07, 6.45) is -9.93. The summed E-state index contributed by atoms with van der Waals surface area (Å²) in [5.41, 5.74) is -5.59. The van der Waals surface area contributed by atoms with E-state index in [1.165, 1.54) is 24.3 Å². The van der Waals surface area contributed by atoms with Crippen LogP contribution in [0.3, 0.4) is 0 Å². The number of rotatable bonds is 4. The van der Waals surface area contributed by atoms with Crippen molar-refractivity contribution in [3.05, 3.63) is 75.4 Å². The summed E-state index contributed by atoms with van der Waals surface area (Å²) in [6.45, 7) is -0.652. The molecule has 1 heterocycles. The lowest BCUT2D eigenvalue weighted by molar-refractivity contribution is -0.137. The van der Waals surface area contributed by atoms with Gasteiger partial charge in [-0.15, -0.1) is 0 Å². The Morgan fingerprint density at radius 1 is 0.906 bits per heavy atom. The van der Waals surface area contributed by atoms with Gasteiger partial charge in [-0.1, -0.05) is 28.1 Å². The number of nitrogens with zero attached hydrogens (tertiary/aromatic N) is 3. The quantitative estimate of drug-likeness (QED) is 0.363. The molecule has 0 aliphatic heterocycles. The first-order valence-electron chi connectivity index (χ1n) is 8.67. The lowest BCUT2D eigenvalue weighted by Gasteiger charge is -2.16. The minimum absolute atomic E-state index is 0.229. The third-order valence-electron chi connectivity index (χ3n) is 4.40. The van der Waals surface area contributed by atoms with E-state index < -0.39 is 52.7 Å². The van der Waals surface area contributed by atoms with Gasteiger partial charge < -0.3 is 4.74 Å². The van der Waals surface area contributed by atoms with Gasteiger partial charge in [-0.3, -0.25) is 4.57 Å². The molecule has 1 aromatic heterocycles. The van der Waals surface area contributed by atoms with Crippen molar-refractivity contribution in [1.82, 2.24) is 4.57 Å². The van der Waals surface area contributed by atoms with Crippen molar-refractivity contribution >= 4 is 15.9 Å². The van der Waals surface area contributed by atoms with E-state index >= 15 is 0 Å². The zero-order valence-electron chi connectivity index (χ0n) is 15.7. The van der Waals surface area contributed by atoms with Crippen LogP contribution in [0.5, 0.6) is 5.75 Å². The number of alkyl halides is 6. The first kappa shape index (κ1) is 23.2. The summed E-state index contributed by atoms with van der Waals surface area (Å²) >= 11 is 3.22. The Bertz CT molecular complexity index is 1230. The van der Waals surface area contributed by atoms with Crippen LogP contribution in [0.2, 0.25) is 0 Å². The molecular formula is C21H10BrF6N3O. The Balaban J connectivity index is 2.26. The first-order valence-corrected chi connectivity index (χ1v) is 9.46. The van der Waals surface area contributed by atoms with E-state index in [0.717, 1.165) is 16.7 Å². The summed E-state index contributed by atoms with van der Waals surface area (Å²) in [4.78, 5) is 0. The van der Waals surface area contributed by atoms with Crippen LogP contribution in [0.4, 0.5) is 26.3 Å². The Labute approximate surface area is 186 Å². The van der Waals surface area contributed by atoms with Crippen molar-refractivity contribution in [2.24, 2.45) is 0 Å². The SMILES string of the molecule is N#Cc1c(C(F)(F)F)c(-c2cccc(C(F)(F)F)c2)n(COc2ccc(Br)cc2)c1C#N. The molecule has 0 radical (unpaired) electrons.